The zero-order chi connectivity index (χ0) is 13.5. The number of amides is 1. The van der Waals surface area contributed by atoms with Crippen LogP contribution in [0.3, 0.4) is 0 Å². The Hall–Kier alpha value is -2.04. The third-order valence-electron chi connectivity index (χ3n) is 2.48. The van der Waals surface area contributed by atoms with Crippen LogP contribution in [0.1, 0.15) is 18.9 Å². The Kier molecular flexibility index (Phi) is 5.17. The number of benzene rings is 1. The summed E-state index contributed by atoms with van der Waals surface area (Å²) in [6.07, 6.45) is 0.508. The molecule has 1 amide bonds. The van der Waals surface area contributed by atoms with E-state index in [1.54, 1.807) is 19.2 Å². The van der Waals surface area contributed by atoms with E-state index < -0.39 is 11.9 Å². The van der Waals surface area contributed by atoms with Crippen LogP contribution in [0, 0.1) is 0 Å². The summed E-state index contributed by atoms with van der Waals surface area (Å²) in [6.45, 7) is 2.00. The maximum atomic E-state index is 11.5. The topological polar surface area (TPSA) is 64.6 Å². The minimum absolute atomic E-state index is 0.288. The van der Waals surface area contributed by atoms with Crippen LogP contribution in [0.15, 0.2) is 18.2 Å². The molecule has 0 saturated heterocycles. The molecule has 0 bridgehead atoms. The Labute approximate surface area is 106 Å². The van der Waals surface area contributed by atoms with Crippen molar-refractivity contribution in [2.75, 3.05) is 19.5 Å². The van der Waals surface area contributed by atoms with Gasteiger partial charge in [0, 0.05) is 5.69 Å². The molecule has 0 aliphatic heterocycles. The first-order valence-electron chi connectivity index (χ1n) is 5.64. The number of methoxy groups -OCH3 is 2. The van der Waals surface area contributed by atoms with Crippen LogP contribution < -0.4 is 10.1 Å². The number of aryl methyl sites for hydroxylation is 1. The third-order valence-corrected chi connectivity index (χ3v) is 2.48. The highest BCUT2D eigenvalue weighted by Gasteiger charge is 2.10. The van der Waals surface area contributed by atoms with Gasteiger partial charge in [-0.05, 0) is 30.2 Å². The molecule has 0 heterocycles. The van der Waals surface area contributed by atoms with Gasteiger partial charge >= 0.3 is 5.97 Å². The fourth-order valence-corrected chi connectivity index (χ4v) is 1.54. The Morgan fingerprint density at radius 2 is 2.00 bits per heavy atom. The zero-order valence-corrected chi connectivity index (χ0v) is 10.8. The number of nitrogens with one attached hydrogen (secondary N) is 1. The predicted octanol–water partition coefficient (Wildman–Crippen LogP) is 1.76. The standard InChI is InChI=1S/C13H17NO4/c1-4-9-7-10(5-6-11(9)17-2)14-12(15)8-13(16)18-3/h5-7H,4,8H2,1-3H3,(H,14,15). The summed E-state index contributed by atoms with van der Waals surface area (Å²) < 4.78 is 9.61. The van der Waals surface area contributed by atoms with E-state index in [2.05, 4.69) is 10.1 Å². The molecule has 1 aromatic rings. The number of rotatable bonds is 5. The lowest BCUT2D eigenvalue weighted by Gasteiger charge is -2.10. The average Bonchev–Trinajstić information content (AvgIpc) is 2.38. The number of hydrogen-bond acceptors (Lipinski definition) is 4. The fraction of sp³-hybridized carbons (Fsp3) is 0.385. The number of anilines is 1. The Morgan fingerprint density at radius 1 is 1.28 bits per heavy atom. The maximum Gasteiger partial charge on any atom is 0.315 e. The molecule has 0 atom stereocenters. The molecule has 1 rings (SSSR count). The van der Waals surface area contributed by atoms with E-state index in [9.17, 15) is 9.59 Å². The minimum atomic E-state index is -0.559. The maximum absolute atomic E-state index is 11.5. The van der Waals surface area contributed by atoms with Crippen molar-refractivity contribution >= 4 is 17.6 Å². The van der Waals surface area contributed by atoms with Crippen LogP contribution >= 0.6 is 0 Å². The largest absolute Gasteiger partial charge is 0.496 e. The molecule has 18 heavy (non-hydrogen) atoms. The normalized spacial score (nSPS) is 9.72. The highest BCUT2D eigenvalue weighted by atomic mass is 16.5. The molecule has 0 aromatic heterocycles. The van der Waals surface area contributed by atoms with Gasteiger partial charge in [-0.2, -0.15) is 0 Å². The SMILES string of the molecule is CCc1cc(NC(=O)CC(=O)OC)ccc1OC. The number of ether oxygens (including phenoxy) is 2. The molecule has 98 valence electrons. The molecule has 0 fully saturated rings. The van der Waals surface area contributed by atoms with Gasteiger partial charge in [-0.1, -0.05) is 6.92 Å². The molecule has 5 nitrogen and oxygen atoms in total. The van der Waals surface area contributed by atoms with Crippen molar-refractivity contribution in [2.45, 2.75) is 19.8 Å². The second-order valence-electron chi connectivity index (χ2n) is 3.68. The molecule has 0 saturated carbocycles. The van der Waals surface area contributed by atoms with Crippen molar-refractivity contribution in [3.8, 4) is 5.75 Å². The molecule has 5 heteroatoms. The van der Waals surface area contributed by atoms with Crippen molar-refractivity contribution in [2.24, 2.45) is 0 Å². The fourth-order valence-electron chi connectivity index (χ4n) is 1.54. The van der Waals surface area contributed by atoms with Crippen molar-refractivity contribution in [3.63, 3.8) is 0 Å². The Bertz CT molecular complexity index is 443. The van der Waals surface area contributed by atoms with Gasteiger partial charge < -0.3 is 14.8 Å². The van der Waals surface area contributed by atoms with Crippen LogP contribution in [0.25, 0.3) is 0 Å². The van der Waals surface area contributed by atoms with Crippen molar-refractivity contribution < 1.29 is 19.1 Å². The summed E-state index contributed by atoms with van der Waals surface area (Å²) in [5.74, 6) is -0.172. The van der Waals surface area contributed by atoms with E-state index in [1.165, 1.54) is 7.11 Å². The van der Waals surface area contributed by atoms with E-state index in [1.807, 2.05) is 13.0 Å². The van der Waals surface area contributed by atoms with Crippen LogP contribution in [-0.2, 0) is 20.7 Å². The second kappa shape index (κ2) is 6.64. The monoisotopic (exact) mass is 251 g/mol. The van der Waals surface area contributed by atoms with E-state index in [-0.39, 0.29) is 6.42 Å². The molecule has 0 radical (unpaired) electrons. The second-order valence-corrected chi connectivity index (χ2v) is 3.68. The Balaban J connectivity index is 2.73. The van der Waals surface area contributed by atoms with Crippen LogP contribution in [0.2, 0.25) is 0 Å². The van der Waals surface area contributed by atoms with Crippen LogP contribution in [0.5, 0.6) is 5.75 Å². The number of carbonyl (C=O) groups is 2. The summed E-state index contributed by atoms with van der Waals surface area (Å²) in [6, 6.07) is 5.34. The first kappa shape index (κ1) is 14.0. The quantitative estimate of drug-likeness (QED) is 0.639. The molecule has 1 aromatic carbocycles. The molecule has 0 unspecified atom stereocenters. The summed E-state index contributed by atoms with van der Waals surface area (Å²) >= 11 is 0. The molecule has 0 aliphatic rings. The van der Waals surface area contributed by atoms with Gasteiger partial charge in [-0.3, -0.25) is 9.59 Å². The summed E-state index contributed by atoms with van der Waals surface area (Å²) in [7, 11) is 2.85. The van der Waals surface area contributed by atoms with Crippen LogP contribution in [0.4, 0.5) is 5.69 Å². The predicted molar refractivity (Wildman–Crippen MR) is 67.6 cm³/mol. The van der Waals surface area contributed by atoms with Gasteiger partial charge in [0.2, 0.25) is 5.91 Å². The summed E-state index contributed by atoms with van der Waals surface area (Å²) in [5, 5.41) is 2.64. The van der Waals surface area contributed by atoms with Gasteiger partial charge in [-0.15, -0.1) is 0 Å². The molecule has 1 N–H and O–H groups in total. The number of esters is 1. The zero-order valence-electron chi connectivity index (χ0n) is 10.8. The smallest absolute Gasteiger partial charge is 0.315 e. The lowest BCUT2D eigenvalue weighted by molar-refractivity contribution is -0.142. The minimum Gasteiger partial charge on any atom is -0.496 e. The lowest BCUT2D eigenvalue weighted by Crippen LogP contribution is -2.17. The van der Waals surface area contributed by atoms with E-state index in [4.69, 9.17) is 4.74 Å². The highest BCUT2D eigenvalue weighted by molar-refractivity contribution is 6.01. The van der Waals surface area contributed by atoms with E-state index >= 15 is 0 Å². The van der Waals surface area contributed by atoms with Gasteiger partial charge in [0.1, 0.15) is 12.2 Å². The number of hydrogen-bond donors (Lipinski definition) is 1. The number of carbonyl (C=O) groups excluding carboxylic acids is 2. The third kappa shape index (κ3) is 3.76. The first-order valence-corrected chi connectivity index (χ1v) is 5.64. The van der Waals surface area contributed by atoms with Crippen molar-refractivity contribution in [1.82, 2.24) is 0 Å². The van der Waals surface area contributed by atoms with E-state index in [0.29, 0.717) is 5.69 Å². The summed E-state index contributed by atoms with van der Waals surface area (Å²) in [5.41, 5.74) is 1.63. The van der Waals surface area contributed by atoms with Gasteiger partial charge in [-0.25, -0.2) is 0 Å². The van der Waals surface area contributed by atoms with Crippen molar-refractivity contribution in [1.29, 1.82) is 0 Å². The molecular weight excluding hydrogens is 234 g/mol. The first-order chi connectivity index (χ1) is 8.60. The highest BCUT2D eigenvalue weighted by Crippen LogP contribution is 2.23. The Morgan fingerprint density at radius 3 is 2.56 bits per heavy atom. The average molecular weight is 251 g/mol. The van der Waals surface area contributed by atoms with Gasteiger partial charge in [0.15, 0.2) is 0 Å². The van der Waals surface area contributed by atoms with Gasteiger partial charge in [0.25, 0.3) is 0 Å². The molecular formula is C13H17NO4. The molecule has 0 spiro atoms. The lowest BCUT2D eigenvalue weighted by atomic mass is 10.1. The molecule has 0 aliphatic carbocycles. The summed E-state index contributed by atoms with van der Waals surface area (Å²) in [4.78, 5) is 22.4. The van der Waals surface area contributed by atoms with E-state index in [0.717, 1.165) is 17.7 Å². The van der Waals surface area contributed by atoms with Crippen molar-refractivity contribution in [3.05, 3.63) is 23.8 Å². The van der Waals surface area contributed by atoms with Gasteiger partial charge in [0.05, 0.1) is 14.2 Å². The van der Waals surface area contributed by atoms with Crippen LogP contribution in [-0.4, -0.2) is 26.1 Å².